The number of hydrogen-bond acceptors (Lipinski definition) is 2. The zero-order chi connectivity index (χ0) is 39.1. The molecule has 0 amide bonds. The summed E-state index contributed by atoms with van der Waals surface area (Å²) in [6.07, 6.45) is 0. The Morgan fingerprint density at radius 3 is 1.75 bits per heavy atom. The lowest BCUT2D eigenvalue weighted by Crippen LogP contribution is -2.32. The fraction of sp³-hybridized carbons (Fsp3) is 0.0357. The lowest BCUT2D eigenvalue weighted by Gasteiger charge is -2.42. The van der Waals surface area contributed by atoms with Crippen LogP contribution in [0, 0.1) is 0 Å². The van der Waals surface area contributed by atoms with Crippen LogP contribution in [0.4, 0.5) is 34.1 Å². The average molecular weight is 754 g/mol. The highest BCUT2D eigenvalue weighted by Gasteiger charge is 2.48. The third kappa shape index (κ3) is 4.88. The van der Waals surface area contributed by atoms with Crippen LogP contribution in [-0.4, -0.2) is 4.57 Å². The maximum absolute atomic E-state index is 2.53. The molecule has 0 radical (unpaired) electrons. The molecular formula is C56H39N3. The van der Waals surface area contributed by atoms with Gasteiger partial charge in [0.05, 0.1) is 33.8 Å². The molecule has 3 nitrogen and oxygen atoms in total. The maximum Gasteiger partial charge on any atom is 0.0583 e. The lowest BCUT2D eigenvalue weighted by atomic mass is 9.70. The van der Waals surface area contributed by atoms with Crippen LogP contribution in [0.5, 0.6) is 0 Å². The third-order valence-corrected chi connectivity index (χ3v) is 12.7. The fourth-order valence-corrected chi connectivity index (χ4v) is 10.2. The summed E-state index contributed by atoms with van der Waals surface area (Å²) in [5.74, 6) is 0. The van der Waals surface area contributed by atoms with Crippen LogP contribution in [0.1, 0.15) is 23.6 Å². The number of hydrogen-bond donors (Lipinski definition) is 0. The molecule has 278 valence electrons. The van der Waals surface area contributed by atoms with Gasteiger partial charge in [0.15, 0.2) is 0 Å². The minimum atomic E-state index is -0.294. The molecule has 2 heterocycles. The molecular weight excluding hydrogens is 715 g/mol. The second-order valence-corrected chi connectivity index (χ2v) is 15.9. The van der Waals surface area contributed by atoms with Gasteiger partial charge < -0.3 is 14.4 Å². The van der Waals surface area contributed by atoms with E-state index in [9.17, 15) is 0 Å². The molecule has 3 heteroatoms. The van der Waals surface area contributed by atoms with Gasteiger partial charge in [-0.2, -0.15) is 0 Å². The first kappa shape index (κ1) is 33.5. The summed E-state index contributed by atoms with van der Waals surface area (Å²) >= 11 is 0. The first-order chi connectivity index (χ1) is 29.2. The van der Waals surface area contributed by atoms with Crippen LogP contribution in [0.25, 0.3) is 49.7 Å². The predicted molar refractivity (Wildman–Crippen MR) is 247 cm³/mol. The Bertz CT molecular complexity index is 3180. The number of anilines is 6. The first-order valence-electron chi connectivity index (χ1n) is 20.4. The summed E-state index contributed by atoms with van der Waals surface area (Å²) in [6, 6.07) is 80.0. The van der Waals surface area contributed by atoms with Gasteiger partial charge in [0.25, 0.3) is 0 Å². The van der Waals surface area contributed by atoms with Crippen LogP contribution >= 0.6 is 0 Å². The monoisotopic (exact) mass is 753 g/mol. The van der Waals surface area contributed by atoms with Crippen molar-refractivity contribution in [2.45, 2.75) is 12.3 Å². The Morgan fingerprint density at radius 2 is 1.00 bits per heavy atom. The van der Waals surface area contributed by atoms with E-state index in [1.165, 1.54) is 61.1 Å². The molecule has 9 aromatic carbocycles. The SMILES string of the molecule is CC12c3ccccc3-c3cccc(c31)N(c1cc(N(c3ccccc3)c3ccccc3)c3c4ccccc4n(-c4ccc(-c5ccccc5)cc4)c3c1)c1ccccc12. The van der Waals surface area contributed by atoms with Gasteiger partial charge in [-0.15, -0.1) is 0 Å². The standard InChI is InChI=1S/C56H39N3/c1-56-47-27-13-11-24-44(47)45-26-17-31-51(55(45)56)59(50-30-16-14-28-48(50)56)43-36-52(57(40-20-7-3-8-21-40)41-22-9-4-10-23-41)54-46-25-12-15-29-49(46)58(53(54)37-43)42-34-32-39(33-35-42)38-18-5-2-6-19-38/h2-37H,1H3. The van der Waals surface area contributed by atoms with E-state index < -0.39 is 0 Å². The van der Waals surface area contributed by atoms with Gasteiger partial charge in [-0.05, 0) is 113 Å². The Kier molecular flexibility index (Phi) is 7.36. The van der Waals surface area contributed by atoms with E-state index in [1.54, 1.807) is 0 Å². The number of para-hydroxylation sites is 4. The topological polar surface area (TPSA) is 11.4 Å². The summed E-state index contributed by atoms with van der Waals surface area (Å²) in [5, 5.41) is 2.40. The highest BCUT2D eigenvalue weighted by molar-refractivity contribution is 6.18. The van der Waals surface area contributed by atoms with Crippen molar-refractivity contribution < 1.29 is 0 Å². The van der Waals surface area contributed by atoms with Crippen molar-refractivity contribution in [3.63, 3.8) is 0 Å². The molecule has 0 saturated heterocycles. The second kappa shape index (κ2) is 13.0. The Labute approximate surface area is 344 Å². The van der Waals surface area contributed by atoms with E-state index in [2.05, 4.69) is 240 Å². The second-order valence-electron chi connectivity index (χ2n) is 15.9. The van der Waals surface area contributed by atoms with Gasteiger partial charge in [-0.3, -0.25) is 0 Å². The Morgan fingerprint density at radius 1 is 0.424 bits per heavy atom. The molecule has 2 aliphatic rings. The van der Waals surface area contributed by atoms with Crippen LogP contribution in [0.2, 0.25) is 0 Å². The quantitative estimate of drug-likeness (QED) is 0.168. The van der Waals surface area contributed by atoms with E-state index in [0.29, 0.717) is 0 Å². The van der Waals surface area contributed by atoms with Gasteiger partial charge in [-0.25, -0.2) is 0 Å². The minimum absolute atomic E-state index is 0.294. The Hall–Kier alpha value is -7.62. The fourth-order valence-electron chi connectivity index (χ4n) is 10.2. The first-order valence-corrected chi connectivity index (χ1v) is 20.4. The number of fused-ring (bicyclic) bond motifs is 8. The van der Waals surface area contributed by atoms with Crippen molar-refractivity contribution in [1.82, 2.24) is 4.57 Å². The molecule has 0 N–H and O–H groups in total. The number of rotatable bonds is 6. The van der Waals surface area contributed by atoms with Crippen molar-refractivity contribution in [2.75, 3.05) is 9.80 Å². The van der Waals surface area contributed by atoms with Gasteiger partial charge >= 0.3 is 0 Å². The predicted octanol–water partition coefficient (Wildman–Crippen LogP) is 15.0. The van der Waals surface area contributed by atoms with Crippen molar-refractivity contribution in [3.05, 3.63) is 235 Å². The van der Waals surface area contributed by atoms with E-state index in [-0.39, 0.29) is 5.41 Å². The van der Waals surface area contributed by atoms with E-state index >= 15 is 0 Å². The van der Waals surface area contributed by atoms with Gasteiger partial charge in [0, 0.05) is 33.2 Å². The van der Waals surface area contributed by atoms with Crippen molar-refractivity contribution in [3.8, 4) is 27.9 Å². The smallest absolute Gasteiger partial charge is 0.0583 e. The van der Waals surface area contributed by atoms with Gasteiger partial charge in [0.1, 0.15) is 0 Å². The third-order valence-electron chi connectivity index (χ3n) is 12.7. The van der Waals surface area contributed by atoms with Crippen molar-refractivity contribution >= 4 is 55.9 Å². The van der Waals surface area contributed by atoms with Crippen LogP contribution in [0.15, 0.2) is 218 Å². The minimum Gasteiger partial charge on any atom is -0.310 e. The molecule has 1 aromatic heterocycles. The summed E-state index contributed by atoms with van der Waals surface area (Å²) in [5.41, 5.74) is 19.0. The van der Waals surface area contributed by atoms with Crippen LogP contribution in [-0.2, 0) is 5.41 Å². The zero-order valence-electron chi connectivity index (χ0n) is 32.6. The highest BCUT2D eigenvalue weighted by atomic mass is 15.2. The molecule has 0 spiro atoms. The molecule has 59 heavy (non-hydrogen) atoms. The largest absolute Gasteiger partial charge is 0.310 e. The molecule has 1 atom stereocenters. The molecule has 0 fully saturated rings. The number of aromatic nitrogens is 1. The van der Waals surface area contributed by atoms with Gasteiger partial charge in [-0.1, -0.05) is 152 Å². The van der Waals surface area contributed by atoms with E-state index in [4.69, 9.17) is 0 Å². The molecule has 1 aliphatic carbocycles. The normalized spacial score (nSPS) is 14.9. The summed E-state index contributed by atoms with van der Waals surface area (Å²) in [4.78, 5) is 4.96. The maximum atomic E-state index is 2.53. The molecule has 0 bridgehead atoms. The van der Waals surface area contributed by atoms with Crippen LogP contribution < -0.4 is 9.80 Å². The summed E-state index contributed by atoms with van der Waals surface area (Å²) in [6.45, 7) is 2.43. The zero-order valence-corrected chi connectivity index (χ0v) is 32.6. The van der Waals surface area contributed by atoms with Crippen LogP contribution in [0.3, 0.4) is 0 Å². The van der Waals surface area contributed by atoms with Crippen molar-refractivity contribution in [2.24, 2.45) is 0 Å². The van der Waals surface area contributed by atoms with Gasteiger partial charge in [0.2, 0.25) is 0 Å². The Balaban J connectivity index is 1.19. The molecule has 1 aliphatic heterocycles. The van der Waals surface area contributed by atoms with E-state index in [1.807, 2.05) is 0 Å². The van der Waals surface area contributed by atoms with E-state index in [0.717, 1.165) is 39.5 Å². The molecule has 0 saturated carbocycles. The summed E-state index contributed by atoms with van der Waals surface area (Å²) in [7, 11) is 0. The molecule has 10 aromatic rings. The number of nitrogens with zero attached hydrogens (tertiary/aromatic N) is 3. The van der Waals surface area contributed by atoms with Crippen molar-refractivity contribution in [1.29, 1.82) is 0 Å². The lowest BCUT2D eigenvalue weighted by molar-refractivity contribution is 0.702. The average Bonchev–Trinajstić information content (AvgIpc) is 3.78. The number of benzene rings is 9. The summed E-state index contributed by atoms with van der Waals surface area (Å²) < 4.78 is 2.46. The highest BCUT2D eigenvalue weighted by Crippen LogP contribution is 2.62. The molecule has 12 rings (SSSR count). The molecule has 1 unspecified atom stereocenters.